The first-order chi connectivity index (χ1) is 5.86. The highest BCUT2D eigenvalue weighted by Crippen LogP contribution is 2.20. The highest BCUT2D eigenvalue weighted by molar-refractivity contribution is 6.27. The van der Waals surface area contributed by atoms with Crippen LogP contribution >= 0.6 is 11.6 Å². The maximum absolute atomic E-state index is 5.51. The van der Waals surface area contributed by atoms with E-state index in [1.54, 1.807) is 18.6 Å². The van der Waals surface area contributed by atoms with Crippen LogP contribution in [-0.2, 0) is 0 Å². The molecule has 2 aromatic heterocycles. The zero-order valence-electron chi connectivity index (χ0n) is 6.07. The van der Waals surface area contributed by atoms with E-state index in [4.69, 9.17) is 16.0 Å². The molecule has 0 aliphatic carbocycles. The largest absolute Gasteiger partial charge is 0.428 e. The van der Waals surface area contributed by atoms with Gasteiger partial charge in [0, 0.05) is 18.0 Å². The van der Waals surface area contributed by atoms with Crippen molar-refractivity contribution in [1.82, 2.24) is 9.97 Å². The number of rotatable bonds is 1. The van der Waals surface area contributed by atoms with E-state index >= 15 is 0 Å². The minimum Gasteiger partial charge on any atom is -0.428 e. The second-order valence-electron chi connectivity index (χ2n) is 2.22. The number of hydrogen-bond donors (Lipinski definition) is 0. The molecule has 0 aromatic carbocycles. The van der Waals surface area contributed by atoms with Crippen LogP contribution in [0.15, 0.2) is 35.1 Å². The second kappa shape index (κ2) is 2.95. The number of oxazole rings is 1. The van der Waals surface area contributed by atoms with Gasteiger partial charge in [0.25, 0.3) is 5.35 Å². The van der Waals surface area contributed by atoms with E-state index in [-0.39, 0.29) is 5.35 Å². The molecule has 0 spiro atoms. The normalized spacial score (nSPS) is 10.1. The van der Waals surface area contributed by atoms with Crippen molar-refractivity contribution in [1.29, 1.82) is 0 Å². The molecule has 60 valence electrons. The molecule has 0 N–H and O–H groups in total. The molecule has 0 bridgehead atoms. The Balaban J connectivity index is 2.45. The summed E-state index contributed by atoms with van der Waals surface area (Å²) in [5, 5.41) is 0.147. The number of hydrogen-bond acceptors (Lipinski definition) is 3. The summed E-state index contributed by atoms with van der Waals surface area (Å²) in [4.78, 5) is 7.70. The van der Waals surface area contributed by atoms with Gasteiger partial charge in [0.2, 0.25) is 0 Å². The molecule has 2 heterocycles. The van der Waals surface area contributed by atoms with Gasteiger partial charge in [-0.25, -0.2) is 4.98 Å². The Bertz CT molecular complexity index is 372. The lowest BCUT2D eigenvalue weighted by Crippen LogP contribution is -1.73. The average Bonchev–Trinajstić information content (AvgIpc) is 2.54. The Morgan fingerprint density at radius 2 is 2.25 bits per heavy atom. The van der Waals surface area contributed by atoms with Crippen LogP contribution in [0.25, 0.3) is 11.3 Å². The zero-order chi connectivity index (χ0) is 8.39. The molecule has 12 heavy (non-hydrogen) atoms. The van der Waals surface area contributed by atoms with Gasteiger partial charge in [-0.2, -0.15) is 0 Å². The van der Waals surface area contributed by atoms with Gasteiger partial charge in [0.15, 0.2) is 5.76 Å². The summed E-state index contributed by atoms with van der Waals surface area (Å²) in [5.41, 5.74) is 0.872. The van der Waals surface area contributed by atoms with Crippen molar-refractivity contribution in [3.63, 3.8) is 0 Å². The van der Waals surface area contributed by atoms with E-state index in [1.807, 2.05) is 12.1 Å². The van der Waals surface area contributed by atoms with Gasteiger partial charge in [-0.3, -0.25) is 4.98 Å². The van der Waals surface area contributed by atoms with Crippen LogP contribution in [0.1, 0.15) is 0 Å². The molecule has 0 saturated carbocycles. The Morgan fingerprint density at radius 1 is 1.33 bits per heavy atom. The van der Waals surface area contributed by atoms with Crippen molar-refractivity contribution in [2.75, 3.05) is 0 Å². The van der Waals surface area contributed by atoms with E-state index in [0.717, 1.165) is 5.56 Å². The molecule has 0 atom stereocenters. The lowest BCUT2D eigenvalue weighted by Gasteiger charge is -1.91. The molecule has 0 amide bonds. The molecule has 0 aliphatic rings. The van der Waals surface area contributed by atoms with Gasteiger partial charge < -0.3 is 4.42 Å². The minimum absolute atomic E-state index is 0.147. The fourth-order valence-corrected chi connectivity index (χ4v) is 1.03. The highest BCUT2D eigenvalue weighted by atomic mass is 35.5. The fraction of sp³-hybridized carbons (Fsp3) is 0. The van der Waals surface area contributed by atoms with Crippen LogP contribution in [0.2, 0.25) is 5.35 Å². The summed E-state index contributed by atoms with van der Waals surface area (Å²) in [6.07, 6.45) is 4.96. The van der Waals surface area contributed by atoms with Crippen molar-refractivity contribution in [2.45, 2.75) is 0 Å². The zero-order valence-corrected chi connectivity index (χ0v) is 6.82. The summed E-state index contributed by atoms with van der Waals surface area (Å²) in [6.45, 7) is 0. The van der Waals surface area contributed by atoms with Crippen molar-refractivity contribution in [3.8, 4) is 11.3 Å². The molecule has 4 heteroatoms. The van der Waals surface area contributed by atoms with E-state index in [2.05, 4.69) is 9.97 Å². The smallest absolute Gasteiger partial charge is 0.292 e. The molecular weight excluding hydrogens is 176 g/mol. The van der Waals surface area contributed by atoms with Crippen LogP contribution in [0.4, 0.5) is 0 Å². The lowest BCUT2D eigenvalue weighted by molar-refractivity contribution is 0.574. The quantitative estimate of drug-likeness (QED) is 0.677. The summed E-state index contributed by atoms with van der Waals surface area (Å²) in [6, 6.07) is 3.70. The van der Waals surface area contributed by atoms with Crippen molar-refractivity contribution in [2.24, 2.45) is 0 Å². The predicted octanol–water partition coefficient (Wildman–Crippen LogP) is 2.39. The molecular formula is C8H5ClN2O. The van der Waals surface area contributed by atoms with Gasteiger partial charge in [0.05, 0.1) is 6.20 Å². The first-order valence-electron chi connectivity index (χ1n) is 3.38. The minimum atomic E-state index is 0.147. The van der Waals surface area contributed by atoms with Crippen LogP contribution < -0.4 is 0 Å². The first-order valence-corrected chi connectivity index (χ1v) is 3.76. The molecule has 0 radical (unpaired) electrons. The summed E-state index contributed by atoms with van der Waals surface area (Å²) in [5.74, 6) is 0.633. The Labute approximate surface area is 74.0 Å². The standard InChI is InChI=1S/C8H5ClN2O/c9-8-11-5-7(12-8)6-2-1-3-10-4-6/h1-5H. The van der Waals surface area contributed by atoms with E-state index in [0.29, 0.717) is 5.76 Å². The third-order valence-corrected chi connectivity index (χ3v) is 1.60. The molecule has 2 rings (SSSR count). The SMILES string of the molecule is Clc1ncc(-c2cccnc2)o1. The van der Waals surface area contributed by atoms with Crippen LogP contribution in [0, 0.1) is 0 Å². The monoisotopic (exact) mass is 180 g/mol. The van der Waals surface area contributed by atoms with Gasteiger partial charge in [0.1, 0.15) is 0 Å². The van der Waals surface area contributed by atoms with Crippen molar-refractivity contribution in [3.05, 3.63) is 36.1 Å². The van der Waals surface area contributed by atoms with E-state index in [1.165, 1.54) is 0 Å². The Hall–Kier alpha value is -1.35. The molecule has 2 aromatic rings. The molecule has 0 saturated heterocycles. The number of pyridine rings is 1. The maximum Gasteiger partial charge on any atom is 0.292 e. The molecule has 0 fully saturated rings. The van der Waals surface area contributed by atoms with Crippen LogP contribution in [0.3, 0.4) is 0 Å². The topological polar surface area (TPSA) is 38.9 Å². The van der Waals surface area contributed by atoms with Gasteiger partial charge in [-0.05, 0) is 23.7 Å². The number of nitrogens with zero attached hydrogens (tertiary/aromatic N) is 2. The third kappa shape index (κ3) is 1.31. The van der Waals surface area contributed by atoms with Gasteiger partial charge >= 0.3 is 0 Å². The third-order valence-electron chi connectivity index (χ3n) is 1.42. The molecule has 0 aliphatic heterocycles. The van der Waals surface area contributed by atoms with Crippen molar-refractivity contribution < 1.29 is 4.42 Å². The van der Waals surface area contributed by atoms with Crippen LogP contribution in [0.5, 0.6) is 0 Å². The summed E-state index contributed by atoms with van der Waals surface area (Å²) < 4.78 is 5.08. The Kier molecular flexibility index (Phi) is 1.80. The van der Waals surface area contributed by atoms with E-state index in [9.17, 15) is 0 Å². The second-order valence-corrected chi connectivity index (χ2v) is 2.54. The van der Waals surface area contributed by atoms with Crippen molar-refractivity contribution >= 4 is 11.6 Å². The highest BCUT2D eigenvalue weighted by Gasteiger charge is 2.02. The predicted molar refractivity (Wildman–Crippen MR) is 44.7 cm³/mol. The lowest BCUT2D eigenvalue weighted by atomic mass is 10.2. The molecule has 3 nitrogen and oxygen atoms in total. The van der Waals surface area contributed by atoms with Crippen LogP contribution in [-0.4, -0.2) is 9.97 Å². The first kappa shape index (κ1) is 7.31. The number of halogens is 1. The average molecular weight is 181 g/mol. The maximum atomic E-state index is 5.51. The summed E-state index contributed by atoms with van der Waals surface area (Å²) >= 11 is 5.51. The molecule has 0 unspecified atom stereocenters. The van der Waals surface area contributed by atoms with E-state index < -0.39 is 0 Å². The fourth-order valence-electron chi connectivity index (χ4n) is 0.895. The number of aromatic nitrogens is 2. The Morgan fingerprint density at radius 3 is 2.83 bits per heavy atom. The van der Waals surface area contributed by atoms with Gasteiger partial charge in [-0.1, -0.05) is 0 Å². The van der Waals surface area contributed by atoms with Gasteiger partial charge in [-0.15, -0.1) is 0 Å². The summed E-state index contributed by atoms with van der Waals surface area (Å²) in [7, 11) is 0.